The van der Waals surface area contributed by atoms with Crippen molar-refractivity contribution in [2.45, 2.75) is 50.4 Å². The summed E-state index contributed by atoms with van der Waals surface area (Å²) in [5, 5.41) is 3.72. The van der Waals surface area contributed by atoms with Crippen LogP contribution in [0.25, 0.3) is 0 Å². The van der Waals surface area contributed by atoms with Gasteiger partial charge < -0.3 is 15.0 Å². The quantitative estimate of drug-likeness (QED) is 0.901. The molecule has 2 aliphatic heterocycles. The Bertz CT molecular complexity index is 421. The van der Waals surface area contributed by atoms with E-state index in [9.17, 15) is 0 Å². The molecule has 0 aliphatic carbocycles. The molecular formula is C16H24N2O. The topological polar surface area (TPSA) is 24.5 Å². The van der Waals surface area contributed by atoms with Crippen LogP contribution in [0.2, 0.25) is 0 Å². The standard InChI is InChI=1S/C16H24N2O/c1-18-15-6-7-16(18)10-14(9-15)17-13-5-3-4-12(8-13)11-19-2/h3-5,8,14-17H,6-7,9-11H2,1-2H3. The second-order valence-corrected chi connectivity index (χ2v) is 6.00. The minimum absolute atomic E-state index is 0.631. The monoisotopic (exact) mass is 260 g/mol. The summed E-state index contributed by atoms with van der Waals surface area (Å²) < 4.78 is 5.20. The third-order valence-electron chi connectivity index (χ3n) is 4.71. The van der Waals surface area contributed by atoms with Crippen molar-refractivity contribution in [3.63, 3.8) is 0 Å². The van der Waals surface area contributed by atoms with Crippen molar-refractivity contribution >= 4 is 5.69 Å². The Morgan fingerprint density at radius 1 is 1.26 bits per heavy atom. The molecule has 1 N–H and O–H groups in total. The van der Waals surface area contributed by atoms with Crippen LogP contribution in [-0.4, -0.2) is 37.2 Å². The molecule has 0 amide bonds. The van der Waals surface area contributed by atoms with Gasteiger partial charge in [0.2, 0.25) is 0 Å². The van der Waals surface area contributed by atoms with Gasteiger partial charge in [-0.05, 0) is 50.4 Å². The summed E-state index contributed by atoms with van der Waals surface area (Å²) in [7, 11) is 4.03. The van der Waals surface area contributed by atoms with Crippen molar-refractivity contribution in [1.82, 2.24) is 4.90 Å². The van der Waals surface area contributed by atoms with Crippen LogP contribution in [0.15, 0.2) is 24.3 Å². The zero-order valence-electron chi connectivity index (χ0n) is 11.9. The Morgan fingerprint density at radius 2 is 2.00 bits per heavy atom. The lowest BCUT2D eigenvalue weighted by Crippen LogP contribution is -2.44. The van der Waals surface area contributed by atoms with Crippen molar-refractivity contribution < 1.29 is 4.74 Å². The predicted octanol–water partition coefficient (Wildman–Crippen LogP) is 2.87. The zero-order chi connectivity index (χ0) is 13.2. The van der Waals surface area contributed by atoms with Crippen LogP contribution < -0.4 is 5.32 Å². The van der Waals surface area contributed by atoms with E-state index in [-0.39, 0.29) is 0 Å². The van der Waals surface area contributed by atoms with Crippen molar-refractivity contribution in [2.24, 2.45) is 0 Å². The van der Waals surface area contributed by atoms with E-state index >= 15 is 0 Å². The van der Waals surface area contributed by atoms with E-state index in [4.69, 9.17) is 4.74 Å². The first-order valence-corrected chi connectivity index (χ1v) is 7.32. The highest BCUT2D eigenvalue weighted by Crippen LogP contribution is 2.35. The number of ether oxygens (including phenoxy) is 1. The Labute approximate surface area is 115 Å². The molecule has 3 rings (SSSR count). The van der Waals surface area contributed by atoms with Gasteiger partial charge in [0.1, 0.15) is 0 Å². The van der Waals surface area contributed by atoms with E-state index in [1.54, 1.807) is 7.11 Å². The normalized spacial score (nSPS) is 30.5. The van der Waals surface area contributed by atoms with Gasteiger partial charge >= 0.3 is 0 Å². The number of methoxy groups -OCH3 is 1. The number of nitrogens with zero attached hydrogens (tertiary/aromatic N) is 1. The SMILES string of the molecule is COCc1cccc(NC2CC3CCC(C2)N3C)c1. The lowest BCUT2D eigenvalue weighted by molar-refractivity contribution is 0.169. The number of hydrogen-bond donors (Lipinski definition) is 1. The first-order valence-electron chi connectivity index (χ1n) is 7.32. The molecule has 3 nitrogen and oxygen atoms in total. The van der Waals surface area contributed by atoms with E-state index in [2.05, 4.69) is 41.5 Å². The summed E-state index contributed by atoms with van der Waals surface area (Å²) in [6.45, 7) is 0.689. The number of rotatable bonds is 4. The molecule has 0 radical (unpaired) electrons. The summed E-state index contributed by atoms with van der Waals surface area (Å²) >= 11 is 0. The second kappa shape index (κ2) is 5.51. The number of hydrogen-bond acceptors (Lipinski definition) is 3. The van der Waals surface area contributed by atoms with Gasteiger partial charge in [0.25, 0.3) is 0 Å². The molecule has 2 atom stereocenters. The molecule has 1 aromatic rings. The Kier molecular flexibility index (Phi) is 3.76. The molecule has 19 heavy (non-hydrogen) atoms. The highest BCUT2D eigenvalue weighted by Gasteiger charge is 2.38. The van der Waals surface area contributed by atoms with Gasteiger partial charge in [-0.2, -0.15) is 0 Å². The number of anilines is 1. The molecule has 0 saturated carbocycles. The molecule has 2 aliphatic rings. The Hall–Kier alpha value is -1.06. The molecule has 2 unspecified atom stereocenters. The van der Waals surface area contributed by atoms with E-state index in [1.807, 2.05) is 0 Å². The summed E-state index contributed by atoms with van der Waals surface area (Å²) in [5.41, 5.74) is 2.48. The first-order chi connectivity index (χ1) is 9.26. The molecule has 2 saturated heterocycles. The maximum Gasteiger partial charge on any atom is 0.0713 e. The highest BCUT2D eigenvalue weighted by atomic mass is 16.5. The zero-order valence-corrected chi connectivity index (χ0v) is 11.9. The number of nitrogens with one attached hydrogen (secondary N) is 1. The van der Waals surface area contributed by atoms with Crippen LogP contribution in [0.4, 0.5) is 5.69 Å². The molecule has 104 valence electrons. The van der Waals surface area contributed by atoms with Crippen molar-refractivity contribution in [1.29, 1.82) is 0 Å². The molecule has 0 aromatic heterocycles. The van der Waals surface area contributed by atoms with Gasteiger partial charge in [0, 0.05) is 30.9 Å². The van der Waals surface area contributed by atoms with Crippen molar-refractivity contribution in [2.75, 3.05) is 19.5 Å². The molecule has 1 aromatic carbocycles. The Morgan fingerprint density at radius 3 is 2.68 bits per heavy atom. The fraction of sp³-hybridized carbons (Fsp3) is 0.625. The first kappa shape index (κ1) is 12.9. The van der Waals surface area contributed by atoms with Gasteiger partial charge in [-0.15, -0.1) is 0 Å². The van der Waals surface area contributed by atoms with E-state index in [0.717, 1.165) is 12.1 Å². The minimum atomic E-state index is 0.631. The number of fused-ring (bicyclic) bond motifs is 2. The van der Waals surface area contributed by atoms with Crippen LogP contribution in [-0.2, 0) is 11.3 Å². The third kappa shape index (κ3) is 2.77. The molecule has 2 bridgehead atoms. The predicted molar refractivity (Wildman–Crippen MR) is 78.4 cm³/mol. The molecule has 2 fully saturated rings. The second-order valence-electron chi connectivity index (χ2n) is 6.00. The van der Waals surface area contributed by atoms with Crippen LogP contribution in [0.1, 0.15) is 31.2 Å². The highest BCUT2D eigenvalue weighted by molar-refractivity contribution is 5.46. The summed E-state index contributed by atoms with van der Waals surface area (Å²) in [6.07, 6.45) is 5.31. The average molecular weight is 260 g/mol. The Balaban J connectivity index is 1.64. The van der Waals surface area contributed by atoms with Gasteiger partial charge in [-0.1, -0.05) is 12.1 Å². The molecule has 2 heterocycles. The fourth-order valence-corrected chi connectivity index (χ4v) is 3.68. The van der Waals surface area contributed by atoms with Gasteiger partial charge in [-0.25, -0.2) is 0 Å². The summed E-state index contributed by atoms with van der Waals surface area (Å²) in [5.74, 6) is 0. The third-order valence-corrected chi connectivity index (χ3v) is 4.71. The van der Waals surface area contributed by atoms with E-state index in [1.165, 1.54) is 36.9 Å². The fourth-order valence-electron chi connectivity index (χ4n) is 3.68. The van der Waals surface area contributed by atoms with Crippen LogP contribution in [0.3, 0.4) is 0 Å². The summed E-state index contributed by atoms with van der Waals surface area (Å²) in [4.78, 5) is 2.58. The van der Waals surface area contributed by atoms with Crippen LogP contribution in [0.5, 0.6) is 0 Å². The number of piperidine rings is 1. The lowest BCUT2D eigenvalue weighted by Gasteiger charge is -2.37. The van der Waals surface area contributed by atoms with E-state index < -0.39 is 0 Å². The minimum Gasteiger partial charge on any atom is -0.382 e. The van der Waals surface area contributed by atoms with Crippen LogP contribution >= 0.6 is 0 Å². The maximum absolute atomic E-state index is 5.20. The lowest BCUT2D eigenvalue weighted by atomic mass is 9.97. The molecule has 0 spiro atoms. The maximum atomic E-state index is 5.20. The van der Waals surface area contributed by atoms with E-state index in [0.29, 0.717) is 12.6 Å². The molecule has 3 heteroatoms. The average Bonchev–Trinajstić information content (AvgIpc) is 2.63. The van der Waals surface area contributed by atoms with Gasteiger partial charge in [0.15, 0.2) is 0 Å². The number of benzene rings is 1. The summed E-state index contributed by atoms with van der Waals surface area (Å²) in [6, 6.07) is 10.8. The van der Waals surface area contributed by atoms with Crippen molar-refractivity contribution in [3.8, 4) is 0 Å². The molecular weight excluding hydrogens is 236 g/mol. The van der Waals surface area contributed by atoms with Crippen LogP contribution in [0, 0.1) is 0 Å². The van der Waals surface area contributed by atoms with Crippen molar-refractivity contribution in [3.05, 3.63) is 29.8 Å². The largest absolute Gasteiger partial charge is 0.382 e. The van der Waals surface area contributed by atoms with Gasteiger partial charge in [0.05, 0.1) is 6.61 Å². The van der Waals surface area contributed by atoms with Gasteiger partial charge in [-0.3, -0.25) is 0 Å². The smallest absolute Gasteiger partial charge is 0.0713 e.